The Morgan fingerprint density at radius 2 is 1.72 bits per heavy atom. The second-order valence-corrected chi connectivity index (χ2v) is 7.99. The number of carbonyl (C=O) groups is 1. The number of fused-ring (bicyclic) bond motifs is 2. The molecular formula is C27H25N3O2. The first-order valence-corrected chi connectivity index (χ1v) is 10.8. The lowest BCUT2D eigenvalue weighted by atomic mass is 10.1. The second kappa shape index (κ2) is 8.63. The van der Waals surface area contributed by atoms with Crippen molar-refractivity contribution in [3.05, 3.63) is 101 Å². The highest BCUT2D eigenvalue weighted by Gasteiger charge is 2.12. The van der Waals surface area contributed by atoms with Crippen molar-refractivity contribution < 1.29 is 9.53 Å². The first kappa shape index (κ1) is 19.9. The summed E-state index contributed by atoms with van der Waals surface area (Å²) in [5.41, 5.74) is 6.08. The van der Waals surface area contributed by atoms with Crippen molar-refractivity contribution in [2.24, 2.45) is 0 Å². The summed E-state index contributed by atoms with van der Waals surface area (Å²) >= 11 is 0. The zero-order valence-corrected chi connectivity index (χ0v) is 17.9. The highest BCUT2D eigenvalue weighted by Crippen LogP contribution is 2.23. The van der Waals surface area contributed by atoms with Crippen LogP contribution in [0.25, 0.3) is 21.8 Å². The number of ether oxygens (including phenoxy) is 1. The van der Waals surface area contributed by atoms with Gasteiger partial charge in [0.15, 0.2) is 0 Å². The lowest BCUT2D eigenvalue weighted by Crippen LogP contribution is -2.26. The molecule has 0 spiro atoms. The maximum absolute atomic E-state index is 12.7. The number of hydrogen-bond acceptors (Lipinski definition) is 2. The van der Waals surface area contributed by atoms with E-state index in [2.05, 4.69) is 34.3 Å². The summed E-state index contributed by atoms with van der Waals surface area (Å²) in [5, 5.41) is 5.23. The molecule has 3 N–H and O–H groups in total. The Bertz CT molecular complexity index is 1380. The predicted octanol–water partition coefficient (Wildman–Crippen LogP) is 5.51. The topological polar surface area (TPSA) is 69.9 Å². The molecule has 0 saturated carbocycles. The number of carbonyl (C=O) groups excluding carboxylic acids is 1. The van der Waals surface area contributed by atoms with Crippen LogP contribution in [0.5, 0.6) is 5.75 Å². The molecule has 32 heavy (non-hydrogen) atoms. The first-order chi connectivity index (χ1) is 15.7. The van der Waals surface area contributed by atoms with Crippen molar-refractivity contribution >= 4 is 27.7 Å². The van der Waals surface area contributed by atoms with Crippen LogP contribution in [0.4, 0.5) is 0 Å². The zero-order chi connectivity index (χ0) is 21.9. The van der Waals surface area contributed by atoms with E-state index in [4.69, 9.17) is 4.74 Å². The molecule has 0 aliphatic carbocycles. The number of aryl methyl sites for hydroxylation is 1. The van der Waals surface area contributed by atoms with Gasteiger partial charge in [-0.3, -0.25) is 4.79 Å². The Labute approximate surface area is 186 Å². The number of H-pyrrole nitrogens is 2. The highest BCUT2D eigenvalue weighted by atomic mass is 16.5. The lowest BCUT2D eigenvalue weighted by molar-refractivity contribution is 0.0950. The summed E-state index contributed by atoms with van der Waals surface area (Å²) in [6.07, 6.45) is 0.777. The van der Waals surface area contributed by atoms with Crippen molar-refractivity contribution in [1.82, 2.24) is 15.3 Å². The van der Waals surface area contributed by atoms with E-state index in [1.807, 2.05) is 66.7 Å². The van der Waals surface area contributed by atoms with Gasteiger partial charge in [-0.2, -0.15) is 0 Å². The fourth-order valence-electron chi connectivity index (χ4n) is 4.11. The molecule has 0 radical (unpaired) electrons. The van der Waals surface area contributed by atoms with Crippen LogP contribution in [-0.2, 0) is 13.0 Å². The molecule has 0 unspecified atom stereocenters. The number of aromatic nitrogens is 2. The van der Waals surface area contributed by atoms with E-state index in [1.54, 1.807) is 0 Å². The van der Waals surface area contributed by atoms with Gasteiger partial charge in [-0.15, -0.1) is 0 Å². The van der Waals surface area contributed by atoms with Gasteiger partial charge in [-0.05, 0) is 48.7 Å². The van der Waals surface area contributed by atoms with Crippen LogP contribution in [0, 0.1) is 6.92 Å². The standard InChI is InChI=1S/C27H25N3O2/c1-18-22(23-9-5-6-10-24(23)29-18)13-14-28-27(31)26-15-20-11-12-21(16-25(20)30-26)32-17-19-7-3-2-4-8-19/h2-12,15-16,29-30H,13-14,17H2,1H3,(H,28,31). The molecule has 0 aliphatic rings. The SMILES string of the molecule is Cc1[nH]c2ccccc2c1CCNC(=O)c1cc2ccc(OCc3ccccc3)cc2[nH]1. The Hall–Kier alpha value is -3.99. The molecule has 160 valence electrons. The molecule has 2 aromatic heterocycles. The minimum Gasteiger partial charge on any atom is -0.489 e. The Balaban J connectivity index is 1.23. The Kier molecular flexibility index (Phi) is 5.38. The minimum absolute atomic E-state index is 0.106. The van der Waals surface area contributed by atoms with Crippen LogP contribution in [-0.4, -0.2) is 22.4 Å². The fourth-order valence-corrected chi connectivity index (χ4v) is 4.11. The van der Waals surface area contributed by atoms with E-state index in [1.165, 1.54) is 10.9 Å². The van der Waals surface area contributed by atoms with E-state index in [0.29, 0.717) is 18.8 Å². The van der Waals surface area contributed by atoms with E-state index >= 15 is 0 Å². The normalized spacial score (nSPS) is 11.2. The second-order valence-electron chi connectivity index (χ2n) is 7.99. The molecule has 0 saturated heterocycles. The number of rotatable bonds is 7. The monoisotopic (exact) mass is 423 g/mol. The maximum atomic E-state index is 12.7. The van der Waals surface area contributed by atoms with Crippen LogP contribution < -0.4 is 10.1 Å². The van der Waals surface area contributed by atoms with Crippen molar-refractivity contribution in [1.29, 1.82) is 0 Å². The van der Waals surface area contributed by atoms with Crippen LogP contribution in [0.3, 0.4) is 0 Å². The third kappa shape index (κ3) is 4.10. The maximum Gasteiger partial charge on any atom is 0.267 e. The molecule has 0 atom stereocenters. The van der Waals surface area contributed by atoms with Gasteiger partial charge in [0.25, 0.3) is 5.91 Å². The zero-order valence-electron chi connectivity index (χ0n) is 17.9. The molecule has 2 heterocycles. The molecule has 5 nitrogen and oxygen atoms in total. The van der Waals surface area contributed by atoms with Gasteiger partial charge in [-0.1, -0.05) is 48.5 Å². The number of nitrogens with one attached hydrogen (secondary N) is 3. The van der Waals surface area contributed by atoms with Gasteiger partial charge in [0.2, 0.25) is 0 Å². The van der Waals surface area contributed by atoms with E-state index in [9.17, 15) is 4.79 Å². The molecule has 3 aromatic carbocycles. The number of para-hydroxylation sites is 1. The average molecular weight is 424 g/mol. The van der Waals surface area contributed by atoms with Crippen LogP contribution in [0.1, 0.15) is 27.3 Å². The summed E-state index contributed by atoms with van der Waals surface area (Å²) in [6, 6.07) is 26.0. The smallest absolute Gasteiger partial charge is 0.267 e. The number of amides is 1. The largest absolute Gasteiger partial charge is 0.489 e. The summed E-state index contributed by atoms with van der Waals surface area (Å²) < 4.78 is 5.90. The third-order valence-electron chi connectivity index (χ3n) is 5.77. The molecule has 5 rings (SSSR count). The van der Waals surface area contributed by atoms with Gasteiger partial charge >= 0.3 is 0 Å². The van der Waals surface area contributed by atoms with Crippen LogP contribution >= 0.6 is 0 Å². The summed E-state index contributed by atoms with van der Waals surface area (Å²) in [5.74, 6) is 0.662. The Morgan fingerprint density at radius 3 is 2.59 bits per heavy atom. The van der Waals surface area contributed by atoms with E-state index in [0.717, 1.165) is 39.8 Å². The van der Waals surface area contributed by atoms with E-state index in [-0.39, 0.29) is 5.91 Å². The van der Waals surface area contributed by atoms with E-state index < -0.39 is 0 Å². The Morgan fingerprint density at radius 1 is 0.906 bits per heavy atom. The van der Waals surface area contributed by atoms with Crippen LogP contribution in [0.2, 0.25) is 0 Å². The van der Waals surface area contributed by atoms with Gasteiger partial charge in [0, 0.05) is 40.1 Å². The van der Waals surface area contributed by atoms with Crippen molar-refractivity contribution in [3.8, 4) is 5.75 Å². The summed E-state index contributed by atoms with van der Waals surface area (Å²) in [4.78, 5) is 19.3. The predicted molar refractivity (Wildman–Crippen MR) is 128 cm³/mol. The van der Waals surface area contributed by atoms with Gasteiger partial charge in [-0.25, -0.2) is 0 Å². The first-order valence-electron chi connectivity index (χ1n) is 10.8. The molecule has 0 bridgehead atoms. The fraction of sp³-hybridized carbons (Fsp3) is 0.148. The molecular weight excluding hydrogens is 398 g/mol. The molecule has 5 heteroatoms. The van der Waals surface area contributed by atoms with Crippen molar-refractivity contribution in [3.63, 3.8) is 0 Å². The lowest BCUT2D eigenvalue weighted by Gasteiger charge is -2.06. The van der Waals surface area contributed by atoms with Gasteiger partial charge in [0.05, 0.1) is 0 Å². The molecule has 0 aliphatic heterocycles. The molecule has 0 fully saturated rings. The third-order valence-corrected chi connectivity index (χ3v) is 5.77. The quantitative estimate of drug-likeness (QED) is 0.323. The van der Waals surface area contributed by atoms with Gasteiger partial charge < -0.3 is 20.0 Å². The number of aromatic amines is 2. The number of benzene rings is 3. The highest BCUT2D eigenvalue weighted by molar-refractivity contribution is 5.98. The van der Waals surface area contributed by atoms with Crippen molar-refractivity contribution in [2.75, 3.05) is 6.54 Å². The van der Waals surface area contributed by atoms with Crippen LogP contribution in [0.15, 0.2) is 78.9 Å². The minimum atomic E-state index is -0.106. The number of hydrogen-bond donors (Lipinski definition) is 3. The molecule has 5 aromatic rings. The van der Waals surface area contributed by atoms with Gasteiger partial charge in [0.1, 0.15) is 18.1 Å². The molecule has 1 amide bonds. The summed E-state index contributed by atoms with van der Waals surface area (Å²) in [7, 11) is 0. The average Bonchev–Trinajstić information content (AvgIpc) is 3.38. The van der Waals surface area contributed by atoms with Crippen molar-refractivity contribution in [2.45, 2.75) is 20.0 Å². The summed E-state index contributed by atoms with van der Waals surface area (Å²) in [6.45, 7) is 3.16.